The number of hydrogen-bond donors (Lipinski definition) is 1. The lowest BCUT2D eigenvalue weighted by Gasteiger charge is -2.36. The molecule has 0 aromatic heterocycles. The first-order valence-electron chi connectivity index (χ1n) is 8.06. The van der Waals surface area contributed by atoms with Gasteiger partial charge in [-0.15, -0.1) is 0 Å². The summed E-state index contributed by atoms with van der Waals surface area (Å²) in [5, 5.41) is 3.47. The molecule has 0 aliphatic carbocycles. The van der Waals surface area contributed by atoms with Crippen molar-refractivity contribution in [2.24, 2.45) is 5.92 Å². The molecule has 0 radical (unpaired) electrons. The fourth-order valence-electron chi connectivity index (χ4n) is 2.69. The second-order valence-electron chi connectivity index (χ2n) is 6.15. The van der Waals surface area contributed by atoms with Crippen molar-refractivity contribution in [1.82, 2.24) is 10.2 Å². The molecule has 2 amide bonds. The first-order chi connectivity index (χ1) is 11.4. The van der Waals surface area contributed by atoms with Crippen LogP contribution in [0.15, 0.2) is 24.3 Å². The first kappa shape index (κ1) is 18.4. The summed E-state index contributed by atoms with van der Waals surface area (Å²) in [4.78, 5) is 28.1. The van der Waals surface area contributed by atoms with Crippen LogP contribution in [0.5, 0.6) is 0 Å². The van der Waals surface area contributed by atoms with Gasteiger partial charge in [0.1, 0.15) is 6.04 Å². The zero-order valence-electron chi connectivity index (χ0n) is 14.3. The number of methoxy groups -OCH3 is 1. The zero-order chi connectivity index (χ0) is 17.7. The Morgan fingerprint density at radius 1 is 1.21 bits per heavy atom. The predicted molar refractivity (Wildman–Crippen MR) is 94.4 cm³/mol. The minimum Gasteiger partial charge on any atom is -0.467 e. The normalized spacial score (nSPS) is 16.0. The maximum Gasteiger partial charge on any atom is 0.328 e. The predicted octanol–water partition coefficient (Wildman–Crippen LogP) is 2.37. The summed E-state index contributed by atoms with van der Waals surface area (Å²) in [5.41, 5.74) is 1.05. The summed E-state index contributed by atoms with van der Waals surface area (Å²) in [6, 6.07) is 6.82. The Hall–Kier alpha value is -1.95. The largest absolute Gasteiger partial charge is 0.467 e. The summed E-state index contributed by atoms with van der Waals surface area (Å²) < 4.78 is 4.76. The van der Waals surface area contributed by atoms with Gasteiger partial charge in [0.25, 0.3) is 0 Å². The van der Waals surface area contributed by atoms with Crippen molar-refractivity contribution < 1.29 is 14.3 Å². The summed E-state index contributed by atoms with van der Waals surface area (Å²) in [7, 11) is 1.33. The third-order valence-electron chi connectivity index (χ3n) is 4.14. The Labute approximate surface area is 147 Å². The van der Waals surface area contributed by atoms with Gasteiger partial charge in [-0.25, -0.2) is 9.59 Å². The average Bonchev–Trinajstić information content (AvgIpc) is 2.58. The number of carbonyl (C=O) groups is 2. The lowest BCUT2D eigenvalue weighted by Crippen LogP contribution is -2.55. The smallest absolute Gasteiger partial charge is 0.328 e. The summed E-state index contributed by atoms with van der Waals surface area (Å²) in [5.74, 6) is -0.454. The van der Waals surface area contributed by atoms with Gasteiger partial charge in [0, 0.05) is 36.9 Å². The van der Waals surface area contributed by atoms with E-state index in [-0.39, 0.29) is 11.9 Å². The number of urea groups is 1. The van der Waals surface area contributed by atoms with E-state index in [0.717, 1.165) is 18.8 Å². The number of nitrogens with one attached hydrogen (secondary N) is 1. The fraction of sp³-hybridized carbons (Fsp3) is 0.529. The van der Waals surface area contributed by atoms with Crippen molar-refractivity contribution in [3.05, 3.63) is 29.3 Å². The van der Waals surface area contributed by atoms with E-state index in [9.17, 15) is 9.59 Å². The van der Waals surface area contributed by atoms with E-state index in [4.69, 9.17) is 16.3 Å². The molecule has 1 aliphatic heterocycles. The molecule has 7 heteroatoms. The van der Waals surface area contributed by atoms with Gasteiger partial charge in [-0.05, 0) is 24.1 Å². The van der Waals surface area contributed by atoms with E-state index in [1.165, 1.54) is 7.11 Å². The van der Waals surface area contributed by atoms with E-state index >= 15 is 0 Å². The number of rotatable bonds is 4. The highest BCUT2D eigenvalue weighted by Crippen LogP contribution is 2.20. The second kappa shape index (κ2) is 8.24. The quantitative estimate of drug-likeness (QED) is 0.844. The zero-order valence-corrected chi connectivity index (χ0v) is 15.0. The van der Waals surface area contributed by atoms with E-state index in [0.29, 0.717) is 18.1 Å². The summed E-state index contributed by atoms with van der Waals surface area (Å²) in [6.07, 6.45) is 0. The van der Waals surface area contributed by atoms with Crippen molar-refractivity contribution in [2.75, 3.05) is 38.2 Å². The highest BCUT2D eigenvalue weighted by atomic mass is 35.5. The van der Waals surface area contributed by atoms with Gasteiger partial charge in [0.05, 0.1) is 7.11 Å². The SMILES string of the molecule is COC(=O)[C@@H](NC(=O)N1CCN(c2cccc(Cl)c2)CC1)C(C)C. The molecule has 1 heterocycles. The molecule has 1 aromatic rings. The average molecular weight is 354 g/mol. The molecule has 1 aliphatic rings. The standard InChI is InChI=1S/C17H24ClN3O3/c1-12(2)15(16(22)24-3)19-17(23)21-9-7-20(8-10-21)14-6-4-5-13(18)11-14/h4-6,11-12,15H,7-10H2,1-3H3,(H,19,23)/t15-/m0/s1. The number of carbonyl (C=O) groups excluding carboxylic acids is 2. The molecule has 2 rings (SSSR count). The number of piperazine rings is 1. The highest BCUT2D eigenvalue weighted by Gasteiger charge is 2.28. The molecular weight excluding hydrogens is 330 g/mol. The molecule has 1 N–H and O–H groups in total. The molecule has 1 aromatic carbocycles. The Bertz CT molecular complexity index is 586. The van der Waals surface area contributed by atoms with Gasteiger partial charge in [0.2, 0.25) is 0 Å². The van der Waals surface area contributed by atoms with Crippen LogP contribution in [0.3, 0.4) is 0 Å². The molecule has 1 saturated heterocycles. The maximum absolute atomic E-state index is 12.4. The minimum atomic E-state index is -0.631. The number of esters is 1. The van der Waals surface area contributed by atoms with Gasteiger partial charge in [-0.2, -0.15) is 0 Å². The second-order valence-corrected chi connectivity index (χ2v) is 6.58. The summed E-state index contributed by atoms with van der Waals surface area (Å²) in [6.45, 7) is 6.36. The third kappa shape index (κ3) is 4.54. The Morgan fingerprint density at radius 2 is 1.88 bits per heavy atom. The number of halogens is 1. The van der Waals surface area contributed by atoms with Gasteiger partial charge in [-0.3, -0.25) is 0 Å². The molecule has 0 bridgehead atoms. The Morgan fingerprint density at radius 3 is 2.42 bits per heavy atom. The minimum absolute atomic E-state index is 0.0332. The molecule has 0 spiro atoms. The van der Waals surface area contributed by atoms with Crippen LogP contribution in [0.1, 0.15) is 13.8 Å². The molecule has 132 valence electrons. The molecule has 0 unspecified atom stereocenters. The van der Waals surface area contributed by atoms with Crippen LogP contribution in [-0.2, 0) is 9.53 Å². The van der Waals surface area contributed by atoms with Crippen LogP contribution in [0.25, 0.3) is 0 Å². The fourth-order valence-corrected chi connectivity index (χ4v) is 2.87. The van der Waals surface area contributed by atoms with Crippen molar-refractivity contribution in [3.8, 4) is 0 Å². The van der Waals surface area contributed by atoms with E-state index < -0.39 is 12.0 Å². The van der Waals surface area contributed by atoms with Crippen LogP contribution < -0.4 is 10.2 Å². The van der Waals surface area contributed by atoms with Crippen LogP contribution in [0, 0.1) is 5.92 Å². The monoisotopic (exact) mass is 353 g/mol. The van der Waals surface area contributed by atoms with Crippen molar-refractivity contribution >= 4 is 29.3 Å². The third-order valence-corrected chi connectivity index (χ3v) is 4.38. The van der Waals surface area contributed by atoms with Gasteiger partial charge >= 0.3 is 12.0 Å². The molecular formula is C17H24ClN3O3. The van der Waals surface area contributed by atoms with Crippen LogP contribution in [0.4, 0.5) is 10.5 Å². The van der Waals surface area contributed by atoms with Crippen molar-refractivity contribution in [2.45, 2.75) is 19.9 Å². The number of amides is 2. The maximum atomic E-state index is 12.4. The first-order valence-corrected chi connectivity index (χ1v) is 8.44. The van der Waals surface area contributed by atoms with Gasteiger partial charge < -0.3 is 19.9 Å². The number of nitrogens with zero attached hydrogens (tertiary/aromatic N) is 2. The molecule has 0 saturated carbocycles. The molecule has 1 fully saturated rings. The number of benzene rings is 1. The van der Waals surface area contributed by atoms with Crippen molar-refractivity contribution in [3.63, 3.8) is 0 Å². The van der Waals surface area contributed by atoms with Crippen molar-refractivity contribution in [1.29, 1.82) is 0 Å². The topological polar surface area (TPSA) is 61.9 Å². The van der Waals surface area contributed by atoms with E-state index in [1.54, 1.807) is 4.90 Å². The number of hydrogen-bond acceptors (Lipinski definition) is 4. The number of anilines is 1. The van der Waals surface area contributed by atoms with Crippen LogP contribution in [-0.4, -0.2) is 56.2 Å². The highest BCUT2D eigenvalue weighted by molar-refractivity contribution is 6.30. The van der Waals surface area contributed by atoms with Gasteiger partial charge in [0.15, 0.2) is 0 Å². The van der Waals surface area contributed by atoms with E-state index in [2.05, 4.69) is 10.2 Å². The molecule has 24 heavy (non-hydrogen) atoms. The number of ether oxygens (including phenoxy) is 1. The molecule has 1 atom stereocenters. The lowest BCUT2D eigenvalue weighted by atomic mass is 10.1. The lowest BCUT2D eigenvalue weighted by molar-refractivity contribution is -0.144. The summed E-state index contributed by atoms with van der Waals surface area (Å²) >= 11 is 6.03. The molecule has 6 nitrogen and oxygen atoms in total. The Balaban J connectivity index is 1.91. The van der Waals surface area contributed by atoms with Crippen LogP contribution >= 0.6 is 11.6 Å². The Kier molecular flexibility index (Phi) is 6.31. The van der Waals surface area contributed by atoms with E-state index in [1.807, 2.05) is 38.1 Å². The van der Waals surface area contributed by atoms with Gasteiger partial charge in [-0.1, -0.05) is 31.5 Å². The van der Waals surface area contributed by atoms with Crippen LogP contribution in [0.2, 0.25) is 5.02 Å².